The Balaban J connectivity index is 2.05. The van der Waals surface area contributed by atoms with E-state index >= 15 is 0 Å². The van der Waals surface area contributed by atoms with E-state index in [2.05, 4.69) is 17.6 Å². The number of rotatable bonds is 10. The lowest BCUT2D eigenvalue weighted by Gasteiger charge is -2.36. The van der Waals surface area contributed by atoms with Gasteiger partial charge in [-0.15, -0.1) is 0 Å². The Kier molecular flexibility index (Phi) is 10.1. The summed E-state index contributed by atoms with van der Waals surface area (Å²) >= 11 is 1.60. The molecule has 0 aliphatic heterocycles. The zero-order valence-corrected chi connectivity index (χ0v) is 25.3. The van der Waals surface area contributed by atoms with Gasteiger partial charge in [0.05, 0.1) is 0 Å². The number of anilines is 1. The van der Waals surface area contributed by atoms with E-state index in [4.69, 9.17) is 4.74 Å². The molecule has 1 aliphatic carbocycles. The first kappa shape index (κ1) is 30.5. The molecule has 3 rings (SSSR count). The Hall–Kier alpha value is -3.00. The number of thioether (sulfide) groups is 1. The summed E-state index contributed by atoms with van der Waals surface area (Å²) in [6.07, 6.45) is 2.55. The van der Waals surface area contributed by atoms with Crippen LogP contribution >= 0.6 is 11.8 Å². The van der Waals surface area contributed by atoms with Crippen LogP contribution in [0.3, 0.4) is 0 Å². The van der Waals surface area contributed by atoms with Crippen molar-refractivity contribution in [3.8, 4) is 0 Å². The third-order valence-corrected chi connectivity index (χ3v) is 7.57. The Labute approximate surface area is 237 Å². The van der Waals surface area contributed by atoms with E-state index in [0.29, 0.717) is 17.9 Å². The SMILES string of the molecule is CSCCC(NC(=O)OC(C)(C)C)C(=O)N(C(C(=O)Nc1ccccc1C)c1ccc(C)cc1C)C1CC1C. The third-order valence-electron chi connectivity index (χ3n) is 6.93. The minimum absolute atomic E-state index is 0.108. The second-order valence-corrected chi connectivity index (χ2v) is 12.6. The number of carbonyl (C=O) groups is 3. The van der Waals surface area contributed by atoms with Crippen molar-refractivity contribution in [3.05, 3.63) is 64.7 Å². The quantitative estimate of drug-likeness (QED) is 0.367. The summed E-state index contributed by atoms with van der Waals surface area (Å²) in [6, 6.07) is 11.8. The van der Waals surface area contributed by atoms with Gasteiger partial charge in [-0.2, -0.15) is 11.8 Å². The number of benzene rings is 2. The fraction of sp³-hybridized carbons (Fsp3) is 0.516. The molecule has 1 fully saturated rings. The number of ether oxygens (including phenoxy) is 1. The van der Waals surface area contributed by atoms with E-state index in [9.17, 15) is 14.4 Å². The van der Waals surface area contributed by atoms with Gasteiger partial charge in [-0.3, -0.25) is 9.59 Å². The molecular weight excluding hydrogens is 510 g/mol. The normalized spacial score (nSPS) is 18.1. The fourth-order valence-corrected chi connectivity index (χ4v) is 5.23. The first-order valence-corrected chi connectivity index (χ1v) is 15.0. The van der Waals surface area contributed by atoms with E-state index in [1.807, 2.05) is 69.5 Å². The number of amides is 3. The lowest BCUT2D eigenvalue weighted by Crippen LogP contribution is -2.53. The summed E-state index contributed by atoms with van der Waals surface area (Å²) in [5, 5.41) is 5.90. The lowest BCUT2D eigenvalue weighted by atomic mass is 9.95. The standard InChI is InChI=1S/C31H43N3O4S/c1-19-13-14-23(21(3)17-19)27(28(35)32-24-12-10-9-11-20(24)2)34(26-18-22(26)4)29(36)25(15-16-39-8)33-30(37)38-31(5,6)7/h9-14,17,22,25-27H,15-16,18H2,1-8H3,(H,32,35)(H,33,37). The van der Waals surface area contributed by atoms with Gasteiger partial charge in [0, 0.05) is 11.7 Å². The molecule has 4 atom stereocenters. The van der Waals surface area contributed by atoms with Crippen LogP contribution in [0.4, 0.5) is 10.5 Å². The minimum Gasteiger partial charge on any atom is -0.444 e. The van der Waals surface area contributed by atoms with Crippen LogP contribution < -0.4 is 10.6 Å². The van der Waals surface area contributed by atoms with E-state index in [-0.39, 0.29) is 23.8 Å². The molecule has 0 saturated heterocycles. The summed E-state index contributed by atoms with van der Waals surface area (Å²) in [4.78, 5) is 43.0. The topological polar surface area (TPSA) is 87.7 Å². The molecule has 2 N–H and O–H groups in total. The van der Waals surface area contributed by atoms with Crippen LogP contribution in [0.2, 0.25) is 0 Å². The van der Waals surface area contributed by atoms with Gasteiger partial charge in [0.2, 0.25) is 5.91 Å². The van der Waals surface area contributed by atoms with Gasteiger partial charge < -0.3 is 20.3 Å². The molecule has 0 heterocycles. The lowest BCUT2D eigenvalue weighted by molar-refractivity contribution is -0.141. The monoisotopic (exact) mass is 553 g/mol. The van der Waals surface area contributed by atoms with E-state index in [0.717, 1.165) is 28.7 Å². The number of aryl methyl sites for hydroxylation is 3. The van der Waals surface area contributed by atoms with Crippen LogP contribution in [0.5, 0.6) is 0 Å². The average Bonchev–Trinajstić information content (AvgIpc) is 3.56. The van der Waals surface area contributed by atoms with Crippen LogP contribution in [-0.2, 0) is 14.3 Å². The van der Waals surface area contributed by atoms with Gasteiger partial charge in [0.25, 0.3) is 5.91 Å². The fourth-order valence-electron chi connectivity index (χ4n) is 4.76. The molecule has 1 saturated carbocycles. The van der Waals surface area contributed by atoms with Gasteiger partial charge in [-0.25, -0.2) is 4.79 Å². The molecule has 0 bridgehead atoms. The Morgan fingerprint density at radius 3 is 2.31 bits per heavy atom. The highest BCUT2D eigenvalue weighted by Gasteiger charge is 2.48. The van der Waals surface area contributed by atoms with Gasteiger partial charge in [-0.1, -0.05) is 48.9 Å². The molecule has 3 amide bonds. The summed E-state index contributed by atoms with van der Waals surface area (Å²) in [7, 11) is 0. The maximum Gasteiger partial charge on any atom is 0.408 e. The van der Waals surface area contributed by atoms with Crippen LogP contribution in [0.15, 0.2) is 42.5 Å². The molecule has 212 valence electrons. The van der Waals surface area contributed by atoms with E-state index < -0.39 is 23.8 Å². The number of hydrogen-bond donors (Lipinski definition) is 2. The first-order valence-electron chi connectivity index (χ1n) is 13.6. The molecule has 0 aromatic heterocycles. The van der Waals surface area contributed by atoms with Crippen molar-refractivity contribution in [1.82, 2.24) is 10.2 Å². The minimum atomic E-state index is -0.857. The van der Waals surface area contributed by atoms with Gasteiger partial charge >= 0.3 is 6.09 Å². The number of hydrogen-bond acceptors (Lipinski definition) is 5. The number of nitrogens with one attached hydrogen (secondary N) is 2. The van der Waals surface area contributed by atoms with Crippen LogP contribution in [0.25, 0.3) is 0 Å². The van der Waals surface area contributed by atoms with Gasteiger partial charge in [0.1, 0.15) is 17.7 Å². The molecule has 2 aromatic carbocycles. The maximum absolute atomic E-state index is 14.4. The number of nitrogens with zero attached hydrogens (tertiary/aromatic N) is 1. The summed E-state index contributed by atoms with van der Waals surface area (Å²) < 4.78 is 5.49. The molecular formula is C31H43N3O4S. The largest absolute Gasteiger partial charge is 0.444 e. The van der Waals surface area contributed by atoms with Crippen LogP contribution in [0, 0.1) is 26.7 Å². The van der Waals surface area contributed by atoms with Gasteiger partial charge in [0.15, 0.2) is 0 Å². The molecule has 39 heavy (non-hydrogen) atoms. The van der Waals surface area contributed by atoms with Crippen molar-refractivity contribution in [2.75, 3.05) is 17.3 Å². The zero-order valence-electron chi connectivity index (χ0n) is 24.5. The number of para-hydroxylation sites is 1. The highest BCUT2D eigenvalue weighted by Crippen LogP contribution is 2.42. The molecule has 7 nitrogen and oxygen atoms in total. The zero-order chi connectivity index (χ0) is 28.9. The van der Waals surface area contributed by atoms with E-state index in [1.54, 1.807) is 37.4 Å². The summed E-state index contributed by atoms with van der Waals surface area (Å²) in [5.41, 5.74) is 3.74. The predicted molar refractivity (Wildman–Crippen MR) is 159 cm³/mol. The van der Waals surface area contributed by atoms with Crippen LogP contribution in [0.1, 0.15) is 68.8 Å². The van der Waals surface area contributed by atoms with Crippen LogP contribution in [-0.4, -0.2) is 52.5 Å². The molecule has 0 spiro atoms. The summed E-state index contributed by atoms with van der Waals surface area (Å²) in [5.74, 6) is 0.374. The van der Waals surface area contributed by atoms with Crippen molar-refractivity contribution in [1.29, 1.82) is 0 Å². The second kappa shape index (κ2) is 12.9. The van der Waals surface area contributed by atoms with Crippen molar-refractivity contribution in [2.24, 2.45) is 5.92 Å². The molecule has 1 aliphatic rings. The molecule has 8 heteroatoms. The summed E-state index contributed by atoms with van der Waals surface area (Å²) in [6.45, 7) is 13.4. The second-order valence-electron chi connectivity index (χ2n) is 11.6. The predicted octanol–water partition coefficient (Wildman–Crippen LogP) is 6.18. The average molecular weight is 554 g/mol. The Bertz CT molecular complexity index is 1190. The maximum atomic E-state index is 14.4. The first-order chi connectivity index (χ1) is 18.3. The van der Waals surface area contributed by atoms with Crippen molar-refractivity contribution in [3.63, 3.8) is 0 Å². The highest BCUT2D eigenvalue weighted by atomic mass is 32.2. The molecule has 2 aromatic rings. The van der Waals surface area contributed by atoms with Crippen molar-refractivity contribution in [2.45, 2.75) is 85.0 Å². The number of alkyl carbamates (subject to hydrolysis) is 1. The molecule has 0 radical (unpaired) electrons. The smallest absolute Gasteiger partial charge is 0.408 e. The van der Waals surface area contributed by atoms with E-state index in [1.165, 1.54) is 0 Å². The van der Waals surface area contributed by atoms with Crippen molar-refractivity contribution >= 4 is 35.4 Å². The third kappa shape index (κ3) is 8.24. The number of carbonyl (C=O) groups excluding carboxylic acids is 3. The van der Waals surface area contributed by atoms with Crippen molar-refractivity contribution < 1.29 is 19.1 Å². The Morgan fingerprint density at radius 2 is 1.74 bits per heavy atom. The highest BCUT2D eigenvalue weighted by molar-refractivity contribution is 7.98. The Morgan fingerprint density at radius 1 is 1.08 bits per heavy atom. The van der Waals surface area contributed by atoms with Gasteiger partial charge in [-0.05, 0) is 95.1 Å². The molecule has 4 unspecified atom stereocenters.